The fraction of sp³-hybridized carbons (Fsp3) is 0.154. The highest BCUT2D eigenvalue weighted by Crippen LogP contribution is 2.10. The van der Waals surface area contributed by atoms with Gasteiger partial charge in [-0.3, -0.25) is 9.59 Å². The second-order valence-electron chi connectivity index (χ2n) is 4.33. The third kappa shape index (κ3) is 2.94. The first-order chi connectivity index (χ1) is 9.90. The van der Waals surface area contributed by atoms with Crippen molar-refractivity contribution in [1.82, 2.24) is 15.2 Å². The van der Waals surface area contributed by atoms with Crippen molar-refractivity contribution in [3.63, 3.8) is 0 Å². The summed E-state index contributed by atoms with van der Waals surface area (Å²) in [4.78, 5) is 38.6. The quantitative estimate of drug-likeness (QED) is 0.764. The van der Waals surface area contributed by atoms with Gasteiger partial charge in [0.05, 0.1) is 11.3 Å². The lowest BCUT2D eigenvalue weighted by molar-refractivity contribution is 0.0696. The molecule has 0 aliphatic rings. The summed E-state index contributed by atoms with van der Waals surface area (Å²) in [5.41, 5.74) is 0.254. The summed E-state index contributed by atoms with van der Waals surface area (Å²) in [5.74, 6) is -1.76. The van der Waals surface area contributed by atoms with Crippen molar-refractivity contribution in [3.8, 4) is 0 Å². The average molecular weight is 288 g/mol. The molecule has 0 atom stereocenters. The Kier molecular flexibility index (Phi) is 3.79. The number of pyridine rings is 1. The van der Waals surface area contributed by atoms with E-state index >= 15 is 0 Å². The second-order valence-corrected chi connectivity index (χ2v) is 4.33. The Labute approximate surface area is 118 Å². The fourth-order valence-corrected chi connectivity index (χ4v) is 1.71. The zero-order chi connectivity index (χ0) is 15.6. The minimum Gasteiger partial charge on any atom is -0.478 e. The van der Waals surface area contributed by atoms with E-state index in [9.17, 15) is 14.4 Å². The topological polar surface area (TPSA) is 125 Å². The number of aromatic amines is 1. The Bertz CT molecular complexity index is 782. The summed E-state index contributed by atoms with van der Waals surface area (Å²) in [6, 6.07) is 2.50. The van der Waals surface area contributed by atoms with E-state index < -0.39 is 17.4 Å². The molecule has 8 heteroatoms. The maximum atomic E-state index is 12.1. The molecule has 0 spiro atoms. The molecule has 2 heterocycles. The summed E-state index contributed by atoms with van der Waals surface area (Å²) in [6.07, 6.45) is 1.26. The van der Waals surface area contributed by atoms with Gasteiger partial charge in [0.25, 0.3) is 11.5 Å². The highest BCUT2D eigenvalue weighted by Gasteiger charge is 2.17. The average Bonchev–Trinajstić information content (AvgIpc) is 2.43. The van der Waals surface area contributed by atoms with Crippen molar-refractivity contribution in [1.29, 1.82) is 0 Å². The zero-order valence-electron chi connectivity index (χ0n) is 11.3. The largest absolute Gasteiger partial charge is 0.478 e. The summed E-state index contributed by atoms with van der Waals surface area (Å²) in [5, 5.41) is 17.3. The molecule has 2 aromatic heterocycles. The van der Waals surface area contributed by atoms with Crippen LogP contribution in [0.5, 0.6) is 0 Å². The molecule has 0 aliphatic carbocycles. The van der Waals surface area contributed by atoms with E-state index in [0.29, 0.717) is 11.3 Å². The van der Waals surface area contributed by atoms with E-state index in [1.54, 1.807) is 13.8 Å². The van der Waals surface area contributed by atoms with Gasteiger partial charge in [-0.2, -0.15) is 5.10 Å². The number of nitrogens with one attached hydrogen (secondary N) is 2. The highest BCUT2D eigenvalue weighted by molar-refractivity contribution is 6.05. The third-order valence-electron chi connectivity index (χ3n) is 2.95. The van der Waals surface area contributed by atoms with Crippen molar-refractivity contribution in [2.24, 2.45) is 0 Å². The molecular formula is C13H12N4O4. The number of carboxylic acids is 1. The highest BCUT2D eigenvalue weighted by atomic mass is 16.4. The van der Waals surface area contributed by atoms with Crippen LogP contribution in [0.25, 0.3) is 0 Å². The van der Waals surface area contributed by atoms with Crippen molar-refractivity contribution >= 4 is 17.7 Å². The molecule has 2 aromatic rings. The van der Waals surface area contributed by atoms with Crippen LogP contribution in [0, 0.1) is 13.8 Å². The number of aromatic carboxylic acids is 1. The first-order valence-electron chi connectivity index (χ1n) is 5.96. The second kappa shape index (κ2) is 5.53. The SMILES string of the molecule is Cc1n[nH]c(=O)c(C(=O)Nc2cc(C(=O)O)ccn2)c1C. The van der Waals surface area contributed by atoms with E-state index in [1.165, 1.54) is 18.3 Å². The molecule has 1 amide bonds. The van der Waals surface area contributed by atoms with Crippen LogP contribution in [0.1, 0.15) is 32.0 Å². The normalized spacial score (nSPS) is 10.2. The van der Waals surface area contributed by atoms with Crippen LogP contribution in [0.2, 0.25) is 0 Å². The predicted octanol–water partition coefficient (Wildman–Crippen LogP) is 0.732. The lowest BCUT2D eigenvalue weighted by Crippen LogP contribution is -2.26. The Balaban J connectivity index is 2.35. The number of H-pyrrole nitrogens is 1. The molecule has 0 bridgehead atoms. The Hall–Kier alpha value is -3.03. The van der Waals surface area contributed by atoms with Gasteiger partial charge in [-0.25, -0.2) is 14.9 Å². The van der Waals surface area contributed by atoms with Crippen LogP contribution >= 0.6 is 0 Å². The number of aryl methyl sites for hydroxylation is 1. The summed E-state index contributed by atoms with van der Waals surface area (Å²) in [7, 11) is 0. The predicted molar refractivity (Wildman–Crippen MR) is 73.5 cm³/mol. The van der Waals surface area contributed by atoms with Gasteiger partial charge >= 0.3 is 5.97 Å². The number of rotatable bonds is 3. The minimum atomic E-state index is -1.14. The molecule has 0 saturated heterocycles. The van der Waals surface area contributed by atoms with Gasteiger partial charge in [-0.05, 0) is 31.5 Å². The van der Waals surface area contributed by atoms with E-state index in [1.807, 2.05) is 0 Å². The smallest absolute Gasteiger partial charge is 0.335 e. The van der Waals surface area contributed by atoms with Gasteiger partial charge in [0.15, 0.2) is 0 Å². The third-order valence-corrected chi connectivity index (χ3v) is 2.95. The molecule has 0 aromatic carbocycles. The molecule has 0 radical (unpaired) electrons. The molecule has 0 fully saturated rings. The number of nitrogens with zero attached hydrogens (tertiary/aromatic N) is 2. The maximum absolute atomic E-state index is 12.1. The molecular weight excluding hydrogens is 276 g/mol. The minimum absolute atomic E-state index is 0.0168. The lowest BCUT2D eigenvalue weighted by atomic mass is 10.1. The molecule has 0 saturated carbocycles. The van der Waals surface area contributed by atoms with Crippen molar-refractivity contribution in [2.45, 2.75) is 13.8 Å². The molecule has 108 valence electrons. The number of aromatic nitrogens is 3. The van der Waals surface area contributed by atoms with Crippen molar-refractivity contribution < 1.29 is 14.7 Å². The summed E-state index contributed by atoms with van der Waals surface area (Å²) < 4.78 is 0. The maximum Gasteiger partial charge on any atom is 0.335 e. The molecule has 8 nitrogen and oxygen atoms in total. The van der Waals surface area contributed by atoms with Crippen molar-refractivity contribution in [3.05, 3.63) is 51.1 Å². The number of carbonyl (C=O) groups excluding carboxylic acids is 1. The van der Waals surface area contributed by atoms with Gasteiger partial charge in [0.2, 0.25) is 0 Å². The standard InChI is InChI=1S/C13H12N4O4/c1-6-7(2)16-17-12(19)10(6)11(18)15-9-5-8(13(20)21)3-4-14-9/h3-5H,1-2H3,(H,17,19)(H,20,21)(H,14,15,18). The van der Waals surface area contributed by atoms with Crippen molar-refractivity contribution in [2.75, 3.05) is 5.32 Å². The number of carbonyl (C=O) groups is 2. The van der Waals surface area contributed by atoms with Crippen LogP contribution in [0.4, 0.5) is 5.82 Å². The lowest BCUT2D eigenvalue weighted by Gasteiger charge is -2.07. The van der Waals surface area contributed by atoms with E-state index in [2.05, 4.69) is 20.5 Å². The van der Waals surface area contributed by atoms with E-state index in [-0.39, 0.29) is 16.9 Å². The molecule has 0 aliphatic heterocycles. The van der Waals surface area contributed by atoms with Gasteiger partial charge in [-0.15, -0.1) is 0 Å². The van der Waals surface area contributed by atoms with Gasteiger partial charge in [0, 0.05) is 6.20 Å². The monoisotopic (exact) mass is 288 g/mol. The van der Waals surface area contributed by atoms with E-state index in [4.69, 9.17) is 5.11 Å². The summed E-state index contributed by atoms with van der Waals surface area (Å²) in [6.45, 7) is 3.26. The molecule has 2 rings (SSSR count). The van der Waals surface area contributed by atoms with Crippen LogP contribution in [-0.4, -0.2) is 32.2 Å². The zero-order valence-corrected chi connectivity index (χ0v) is 11.3. The number of carboxylic acid groups (broad SMARTS) is 1. The number of hydrogen-bond acceptors (Lipinski definition) is 5. The Morgan fingerprint density at radius 1 is 1.33 bits per heavy atom. The molecule has 0 unspecified atom stereocenters. The van der Waals surface area contributed by atoms with Crippen LogP contribution in [-0.2, 0) is 0 Å². The summed E-state index contributed by atoms with van der Waals surface area (Å²) >= 11 is 0. The Morgan fingerprint density at radius 2 is 2.05 bits per heavy atom. The first kappa shape index (κ1) is 14.4. The Morgan fingerprint density at radius 3 is 2.71 bits per heavy atom. The van der Waals surface area contributed by atoms with E-state index in [0.717, 1.165) is 0 Å². The first-order valence-corrected chi connectivity index (χ1v) is 5.96. The number of hydrogen-bond donors (Lipinski definition) is 3. The van der Waals surface area contributed by atoms with Crippen LogP contribution in [0.15, 0.2) is 23.1 Å². The fourth-order valence-electron chi connectivity index (χ4n) is 1.71. The van der Waals surface area contributed by atoms with Gasteiger partial charge < -0.3 is 10.4 Å². The number of amides is 1. The number of anilines is 1. The van der Waals surface area contributed by atoms with Gasteiger partial charge in [0.1, 0.15) is 11.4 Å². The van der Waals surface area contributed by atoms with Crippen LogP contribution < -0.4 is 10.9 Å². The molecule has 3 N–H and O–H groups in total. The van der Waals surface area contributed by atoms with Crippen LogP contribution in [0.3, 0.4) is 0 Å². The van der Waals surface area contributed by atoms with Gasteiger partial charge in [-0.1, -0.05) is 0 Å². The molecule has 21 heavy (non-hydrogen) atoms.